The molecule has 0 saturated heterocycles. The number of hydrogen-bond donors (Lipinski definition) is 1. The van der Waals surface area contributed by atoms with Crippen molar-refractivity contribution in [2.75, 3.05) is 7.05 Å². The zero-order chi connectivity index (χ0) is 16.9. The molecule has 0 aliphatic heterocycles. The van der Waals surface area contributed by atoms with Crippen molar-refractivity contribution in [3.63, 3.8) is 0 Å². The van der Waals surface area contributed by atoms with Crippen LogP contribution in [0.5, 0.6) is 0 Å². The standard InChI is InChI=1S/C20H17N3O/c1-22-20(24)16(12-21)11-17-14-23(13-15-7-3-2-4-8-15)19-10-6-5-9-18(17)19/h2-11,14H,13H2,1H3,(H,22,24)/b16-11-. The summed E-state index contributed by atoms with van der Waals surface area (Å²) in [5.74, 6) is -0.377. The zero-order valence-electron chi connectivity index (χ0n) is 13.4. The van der Waals surface area contributed by atoms with Gasteiger partial charge in [0.05, 0.1) is 0 Å². The van der Waals surface area contributed by atoms with Gasteiger partial charge in [0, 0.05) is 36.3 Å². The van der Waals surface area contributed by atoms with Gasteiger partial charge in [-0.1, -0.05) is 48.5 Å². The summed E-state index contributed by atoms with van der Waals surface area (Å²) in [4.78, 5) is 11.8. The molecule has 0 radical (unpaired) electrons. The highest BCUT2D eigenvalue weighted by Gasteiger charge is 2.11. The van der Waals surface area contributed by atoms with Crippen LogP contribution in [0.3, 0.4) is 0 Å². The lowest BCUT2D eigenvalue weighted by Gasteiger charge is -2.05. The number of para-hydroxylation sites is 1. The highest BCUT2D eigenvalue weighted by Crippen LogP contribution is 2.24. The molecule has 1 aromatic heterocycles. The maximum Gasteiger partial charge on any atom is 0.261 e. The van der Waals surface area contributed by atoms with Crippen molar-refractivity contribution in [2.45, 2.75) is 6.54 Å². The molecular weight excluding hydrogens is 298 g/mol. The fourth-order valence-electron chi connectivity index (χ4n) is 2.74. The van der Waals surface area contributed by atoms with E-state index in [2.05, 4.69) is 22.0 Å². The molecule has 0 aliphatic rings. The van der Waals surface area contributed by atoms with Crippen LogP contribution in [0.1, 0.15) is 11.1 Å². The molecule has 0 saturated carbocycles. The van der Waals surface area contributed by atoms with E-state index in [1.807, 2.05) is 54.7 Å². The highest BCUT2D eigenvalue weighted by molar-refractivity contribution is 6.03. The number of hydrogen-bond acceptors (Lipinski definition) is 2. The molecule has 0 unspecified atom stereocenters. The van der Waals surface area contributed by atoms with Gasteiger partial charge < -0.3 is 9.88 Å². The second kappa shape index (κ2) is 6.84. The topological polar surface area (TPSA) is 57.8 Å². The predicted molar refractivity (Wildman–Crippen MR) is 95.1 cm³/mol. The number of carbonyl (C=O) groups is 1. The molecule has 4 nitrogen and oxygen atoms in total. The second-order valence-electron chi connectivity index (χ2n) is 5.46. The molecule has 1 amide bonds. The van der Waals surface area contributed by atoms with Crippen LogP contribution in [-0.2, 0) is 11.3 Å². The van der Waals surface area contributed by atoms with E-state index in [1.165, 1.54) is 12.6 Å². The van der Waals surface area contributed by atoms with Crippen molar-refractivity contribution in [1.82, 2.24) is 9.88 Å². The molecule has 0 fully saturated rings. The van der Waals surface area contributed by atoms with Crippen molar-refractivity contribution < 1.29 is 4.79 Å². The summed E-state index contributed by atoms with van der Waals surface area (Å²) >= 11 is 0. The molecule has 2 aromatic carbocycles. The number of amides is 1. The maximum absolute atomic E-state index is 11.8. The summed E-state index contributed by atoms with van der Waals surface area (Å²) < 4.78 is 2.13. The van der Waals surface area contributed by atoms with Crippen molar-refractivity contribution in [2.24, 2.45) is 0 Å². The Bertz CT molecular complexity index is 946. The second-order valence-corrected chi connectivity index (χ2v) is 5.46. The molecule has 118 valence electrons. The van der Waals surface area contributed by atoms with E-state index in [-0.39, 0.29) is 11.5 Å². The largest absolute Gasteiger partial charge is 0.354 e. The van der Waals surface area contributed by atoms with Crippen molar-refractivity contribution in [3.05, 3.63) is 77.5 Å². The molecule has 4 heteroatoms. The first-order chi connectivity index (χ1) is 11.7. The van der Waals surface area contributed by atoms with Gasteiger partial charge in [0.25, 0.3) is 5.91 Å². The minimum absolute atomic E-state index is 0.0973. The Morgan fingerprint density at radius 3 is 2.58 bits per heavy atom. The lowest BCUT2D eigenvalue weighted by Crippen LogP contribution is -2.19. The van der Waals surface area contributed by atoms with Crippen LogP contribution in [0.15, 0.2) is 66.4 Å². The Balaban J connectivity index is 2.09. The van der Waals surface area contributed by atoms with Crippen molar-refractivity contribution >= 4 is 22.9 Å². The van der Waals surface area contributed by atoms with Gasteiger partial charge in [-0.3, -0.25) is 4.79 Å². The summed E-state index contributed by atoms with van der Waals surface area (Å²) in [5.41, 5.74) is 3.23. The van der Waals surface area contributed by atoms with E-state index in [0.29, 0.717) is 0 Å². The Morgan fingerprint density at radius 2 is 1.88 bits per heavy atom. The first-order valence-corrected chi connectivity index (χ1v) is 7.68. The number of likely N-dealkylation sites (N-methyl/N-ethyl adjacent to an activating group) is 1. The molecule has 1 heterocycles. The third-order valence-corrected chi connectivity index (χ3v) is 3.91. The average Bonchev–Trinajstić information content (AvgIpc) is 2.97. The molecule has 3 aromatic rings. The molecular formula is C20H17N3O. The Kier molecular flexibility index (Phi) is 4.44. The molecule has 3 rings (SSSR count). The average molecular weight is 315 g/mol. The van der Waals surface area contributed by atoms with Gasteiger partial charge in [-0.25, -0.2) is 0 Å². The first-order valence-electron chi connectivity index (χ1n) is 7.68. The molecule has 0 spiro atoms. The first kappa shape index (κ1) is 15.6. The number of fused-ring (bicyclic) bond motifs is 1. The number of nitriles is 1. The zero-order valence-corrected chi connectivity index (χ0v) is 13.4. The molecule has 0 bridgehead atoms. The van der Waals surface area contributed by atoms with Crippen LogP contribution in [-0.4, -0.2) is 17.5 Å². The predicted octanol–water partition coefficient (Wildman–Crippen LogP) is 3.34. The Hall–Kier alpha value is -3.32. The van der Waals surface area contributed by atoms with E-state index >= 15 is 0 Å². The van der Waals surface area contributed by atoms with Crippen LogP contribution < -0.4 is 5.32 Å². The quantitative estimate of drug-likeness (QED) is 0.593. The number of nitrogens with one attached hydrogen (secondary N) is 1. The molecule has 0 aliphatic carbocycles. The number of nitrogens with zero attached hydrogens (tertiary/aromatic N) is 2. The van der Waals surface area contributed by atoms with E-state index in [0.717, 1.165) is 23.0 Å². The summed E-state index contributed by atoms with van der Waals surface area (Å²) in [5, 5.41) is 12.7. The van der Waals surface area contributed by atoms with Crippen LogP contribution in [0.25, 0.3) is 17.0 Å². The summed E-state index contributed by atoms with van der Waals surface area (Å²) in [7, 11) is 1.52. The lowest BCUT2D eigenvalue weighted by molar-refractivity contribution is -0.116. The summed E-state index contributed by atoms with van der Waals surface area (Å²) in [6.45, 7) is 0.733. The summed E-state index contributed by atoms with van der Waals surface area (Å²) in [6.07, 6.45) is 3.63. The van der Waals surface area contributed by atoms with Gasteiger partial charge in [0.15, 0.2) is 0 Å². The smallest absolute Gasteiger partial charge is 0.261 e. The number of rotatable bonds is 4. The van der Waals surface area contributed by atoms with Crippen LogP contribution in [0, 0.1) is 11.3 Å². The number of aromatic nitrogens is 1. The Morgan fingerprint density at radius 1 is 1.17 bits per heavy atom. The van der Waals surface area contributed by atoms with Gasteiger partial charge in [-0.15, -0.1) is 0 Å². The van der Waals surface area contributed by atoms with E-state index < -0.39 is 0 Å². The van der Waals surface area contributed by atoms with Gasteiger partial charge in [-0.05, 0) is 17.7 Å². The molecule has 1 N–H and O–H groups in total. The van der Waals surface area contributed by atoms with E-state index in [9.17, 15) is 10.1 Å². The van der Waals surface area contributed by atoms with Gasteiger partial charge in [0.1, 0.15) is 11.6 Å². The van der Waals surface area contributed by atoms with Crippen molar-refractivity contribution in [3.8, 4) is 6.07 Å². The van der Waals surface area contributed by atoms with Gasteiger partial charge in [-0.2, -0.15) is 5.26 Å². The van der Waals surface area contributed by atoms with Crippen LogP contribution in [0.4, 0.5) is 0 Å². The highest BCUT2D eigenvalue weighted by atomic mass is 16.1. The van der Waals surface area contributed by atoms with Crippen molar-refractivity contribution in [1.29, 1.82) is 5.26 Å². The molecule has 24 heavy (non-hydrogen) atoms. The third kappa shape index (κ3) is 3.06. The minimum atomic E-state index is -0.377. The van der Waals surface area contributed by atoms with E-state index in [4.69, 9.17) is 0 Å². The SMILES string of the molecule is CNC(=O)/C(C#N)=C\c1cn(Cc2ccccc2)c2ccccc12. The Labute approximate surface area is 140 Å². The third-order valence-electron chi connectivity index (χ3n) is 3.91. The molecule has 0 atom stereocenters. The lowest BCUT2D eigenvalue weighted by atomic mass is 10.1. The normalized spacial score (nSPS) is 11.2. The van der Waals surface area contributed by atoms with Gasteiger partial charge >= 0.3 is 0 Å². The van der Waals surface area contributed by atoms with Crippen LogP contribution in [0.2, 0.25) is 0 Å². The van der Waals surface area contributed by atoms with Crippen LogP contribution >= 0.6 is 0 Å². The number of benzene rings is 2. The monoisotopic (exact) mass is 315 g/mol. The summed E-state index contributed by atoms with van der Waals surface area (Å²) in [6, 6.07) is 20.1. The number of carbonyl (C=O) groups excluding carboxylic acids is 1. The van der Waals surface area contributed by atoms with Gasteiger partial charge in [0.2, 0.25) is 0 Å². The fraction of sp³-hybridized carbons (Fsp3) is 0.100. The maximum atomic E-state index is 11.8. The minimum Gasteiger partial charge on any atom is -0.354 e. The van der Waals surface area contributed by atoms with E-state index in [1.54, 1.807) is 6.08 Å². The fourth-order valence-corrected chi connectivity index (χ4v) is 2.74.